The molecule has 4 heteroatoms. The molecule has 1 heterocycles. The molecule has 2 bridgehead atoms. The Kier molecular flexibility index (Phi) is 1.28. The fraction of sp³-hybridized carbons (Fsp3) is 0.556. The van der Waals surface area contributed by atoms with Gasteiger partial charge in [-0.1, -0.05) is 6.08 Å². The van der Waals surface area contributed by atoms with Crippen LogP contribution in [-0.4, -0.2) is 11.9 Å². The maximum atomic E-state index is 11.3. The Hall–Kier alpha value is -0.770. The molecule has 2 aliphatic carbocycles. The van der Waals surface area contributed by atoms with Gasteiger partial charge in [0.05, 0.1) is 11.8 Å². The summed E-state index contributed by atoms with van der Waals surface area (Å²) in [5.74, 6) is -0.760. The predicted octanol–water partition coefficient (Wildman–Crippen LogP) is 0.766. The third kappa shape index (κ3) is 0.771. The number of ether oxygens (including phenoxy) is 1. The van der Waals surface area contributed by atoms with Crippen LogP contribution in [0.1, 0.15) is 6.42 Å². The average molecular weight is 196 g/mol. The minimum Gasteiger partial charge on any atom is -0.393 e. The monoisotopic (exact) mass is 196 g/mol. The van der Waals surface area contributed by atoms with Crippen LogP contribution >= 0.6 is 12.6 Å². The van der Waals surface area contributed by atoms with Gasteiger partial charge in [-0.2, -0.15) is 0 Å². The van der Waals surface area contributed by atoms with E-state index in [-0.39, 0.29) is 35.6 Å². The zero-order valence-corrected chi connectivity index (χ0v) is 7.66. The van der Waals surface area contributed by atoms with Crippen LogP contribution in [0.3, 0.4) is 0 Å². The van der Waals surface area contributed by atoms with Crippen LogP contribution in [0.4, 0.5) is 0 Å². The van der Waals surface area contributed by atoms with E-state index >= 15 is 0 Å². The van der Waals surface area contributed by atoms with E-state index in [1.54, 1.807) is 0 Å². The van der Waals surface area contributed by atoms with Gasteiger partial charge in [0.1, 0.15) is 0 Å². The number of carbonyl (C=O) groups excluding carboxylic acids is 2. The fourth-order valence-electron chi connectivity index (χ4n) is 2.79. The fourth-order valence-corrected chi connectivity index (χ4v) is 3.25. The number of cyclic esters (lactones) is 2. The van der Waals surface area contributed by atoms with Gasteiger partial charge in [-0.15, -0.1) is 12.6 Å². The minimum absolute atomic E-state index is 0.150. The van der Waals surface area contributed by atoms with Crippen molar-refractivity contribution < 1.29 is 14.3 Å². The summed E-state index contributed by atoms with van der Waals surface area (Å²) in [7, 11) is 0. The summed E-state index contributed by atoms with van der Waals surface area (Å²) < 4.78 is 4.61. The maximum Gasteiger partial charge on any atom is 0.318 e. The number of fused-ring (bicyclic) bond motifs is 5. The highest BCUT2D eigenvalue weighted by Crippen LogP contribution is 2.55. The number of carbonyl (C=O) groups is 2. The lowest BCUT2D eigenvalue weighted by atomic mass is 9.85. The van der Waals surface area contributed by atoms with Crippen molar-refractivity contribution in [3.8, 4) is 0 Å². The van der Waals surface area contributed by atoms with Gasteiger partial charge in [0.15, 0.2) is 0 Å². The topological polar surface area (TPSA) is 43.4 Å². The highest BCUT2D eigenvalue weighted by atomic mass is 32.1. The molecule has 1 saturated carbocycles. The molecule has 1 saturated heterocycles. The zero-order valence-electron chi connectivity index (χ0n) is 6.77. The third-order valence-electron chi connectivity index (χ3n) is 3.32. The van der Waals surface area contributed by atoms with Crippen LogP contribution in [-0.2, 0) is 14.3 Å². The second kappa shape index (κ2) is 2.18. The first kappa shape index (κ1) is 7.62. The van der Waals surface area contributed by atoms with E-state index in [0.717, 1.165) is 11.3 Å². The van der Waals surface area contributed by atoms with E-state index in [4.69, 9.17) is 0 Å². The van der Waals surface area contributed by atoms with Gasteiger partial charge in [0, 0.05) is 5.92 Å². The van der Waals surface area contributed by atoms with E-state index in [9.17, 15) is 9.59 Å². The molecule has 0 radical (unpaired) electrons. The van der Waals surface area contributed by atoms with Gasteiger partial charge in [-0.3, -0.25) is 9.59 Å². The van der Waals surface area contributed by atoms with Crippen molar-refractivity contribution in [2.24, 2.45) is 23.7 Å². The molecule has 3 aliphatic rings. The largest absolute Gasteiger partial charge is 0.393 e. The molecular formula is C9H8O3S. The molecular weight excluding hydrogens is 188 g/mol. The average Bonchev–Trinajstić information content (AvgIpc) is 2.64. The van der Waals surface area contributed by atoms with Crippen LogP contribution in [0.2, 0.25) is 0 Å². The molecule has 0 aromatic heterocycles. The van der Waals surface area contributed by atoms with Crippen LogP contribution in [0, 0.1) is 23.7 Å². The van der Waals surface area contributed by atoms with Crippen molar-refractivity contribution in [3.05, 3.63) is 11.0 Å². The molecule has 4 atom stereocenters. The van der Waals surface area contributed by atoms with Crippen molar-refractivity contribution in [2.75, 3.05) is 0 Å². The van der Waals surface area contributed by atoms with E-state index < -0.39 is 0 Å². The van der Waals surface area contributed by atoms with Crippen molar-refractivity contribution >= 4 is 24.6 Å². The smallest absolute Gasteiger partial charge is 0.318 e. The predicted molar refractivity (Wildman–Crippen MR) is 46.7 cm³/mol. The lowest BCUT2D eigenvalue weighted by Gasteiger charge is -2.16. The summed E-state index contributed by atoms with van der Waals surface area (Å²) in [6.45, 7) is 0. The summed E-state index contributed by atoms with van der Waals surface area (Å²) in [6.07, 6.45) is 2.89. The number of rotatable bonds is 0. The molecule has 1 aliphatic heterocycles. The SMILES string of the molecule is O=C1OC(=O)C2C3CC(C=C3S)C12. The van der Waals surface area contributed by atoms with Crippen LogP contribution in [0.5, 0.6) is 0 Å². The van der Waals surface area contributed by atoms with Crippen LogP contribution < -0.4 is 0 Å². The van der Waals surface area contributed by atoms with Gasteiger partial charge in [0.2, 0.25) is 0 Å². The van der Waals surface area contributed by atoms with E-state index in [1.807, 2.05) is 6.08 Å². The van der Waals surface area contributed by atoms with Gasteiger partial charge in [-0.25, -0.2) is 0 Å². The van der Waals surface area contributed by atoms with Crippen molar-refractivity contribution in [1.29, 1.82) is 0 Å². The number of hydrogen-bond acceptors (Lipinski definition) is 4. The molecule has 0 N–H and O–H groups in total. The van der Waals surface area contributed by atoms with E-state index in [2.05, 4.69) is 17.4 Å². The highest BCUT2D eigenvalue weighted by Gasteiger charge is 2.59. The normalized spacial score (nSPS) is 46.4. The molecule has 3 rings (SSSR count). The first-order valence-electron chi connectivity index (χ1n) is 4.34. The van der Waals surface area contributed by atoms with Gasteiger partial charge < -0.3 is 4.74 Å². The van der Waals surface area contributed by atoms with Gasteiger partial charge >= 0.3 is 11.9 Å². The molecule has 0 aromatic carbocycles. The third-order valence-corrected chi connectivity index (χ3v) is 3.80. The Morgan fingerprint density at radius 1 is 1.31 bits per heavy atom. The number of thiol groups is 1. The number of esters is 2. The van der Waals surface area contributed by atoms with Gasteiger partial charge in [-0.05, 0) is 17.2 Å². The Morgan fingerprint density at radius 3 is 2.77 bits per heavy atom. The minimum atomic E-state index is -0.345. The first-order valence-corrected chi connectivity index (χ1v) is 4.79. The Bertz CT molecular complexity index is 347. The quantitative estimate of drug-likeness (QED) is 0.353. The molecule has 3 nitrogen and oxygen atoms in total. The second-order valence-electron chi connectivity index (χ2n) is 3.89. The van der Waals surface area contributed by atoms with Gasteiger partial charge in [0.25, 0.3) is 0 Å². The van der Waals surface area contributed by atoms with E-state index in [1.165, 1.54) is 0 Å². The second-order valence-corrected chi connectivity index (χ2v) is 4.41. The maximum absolute atomic E-state index is 11.3. The van der Waals surface area contributed by atoms with Crippen molar-refractivity contribution in [3.63, 3.8) is 0 Å². The number of allylic oxidation sites excluding steroid dienone is 2. The molecule has 0 amide bonds. The lowest BCUT2D eigenvalue weighted by Crippen LogP contribution is -2.23. The summed E-state index contributed by atoms with van der Waals surface area (Å²) in [5, 5.41) is 0. The Balaban J connectivity index is 2.08. The summed E-state index contributed by atoms with van der Waals surface area (Å²) in [6, 6.07) is 0. The molecule has 0 aromatic rings. The first-order chi connectivity index (χ1) is 6.18. The summed E-state index contributed by atoms with van der Waals surface area (Å²) >= 11 is 4.29. The summed E-state index contributed by atoms with van der Waals surface area (Å²) in [5.41, 5.74) is 0. The van der Waals surface area contributed by atoms with E-state index in [0.29, 0.717) is 0 Å². The zero-order chi connectivity index (χ0) is 9.16. The lowest BCUT2D eigenvalue weighted by molar-refractivity contribution is -0.154. The van der Waals surface area contributed by atoms with Crippen molar-refractivity contribution in [2.45, 2.75) is 6.42 Å². The molecule has 4 unspecified atom stereocenters. The Labute approximate surface area is 80.5 Å². The van der Waals surface area contributed by atoms with Crippen LogP contribution in [0.15, 0.2) is 11.0 Å². The standard InChI is InChI=1S/C9H8O3S/c10-8-6-3-1-4(5(13)2-3)7(6)9(11)12-8/h2-4,6-7,13H,1H2. The van der Waals surface area contributed by atoms with Crippen LogP contribution in [0.25, 0.3) is 0 Å². The Morgan fingerprint density at radius 2 is 2.00 bits per heavy atom. The number of hydrogen-bond donors (Lipinski definition) is 1. The molecule has 68 valence electrons. The molecule has 0 spiro atoms. The van der Waals surface area contributed by atoms with Crippen molar-refractivity contribution in [1.82, 2.24) is 0 Å². The highest BCUT2D eigenvalue weighted by molar-refractivity contribution is 7.84. The summed E-state index contributed by atoms with van der Waals surface area (Å²) in [4.78, 5) is 23.5. The molecule has 13 heavy (non-hydrogen) atoms. The molecule has 2 fully saturated rings.